The lowest BCUT2D eigenvalue weighted by molar-refractivity contribution is 0.397. The average molecular weight is 244 g/mol. The predicted octanol–water partition coefficient (Wildman–Crippen LogP) is 1.73. The number of hydrogen-bond acceptors (Lipinski definition) is 4. The van der Waals surface area contributed by atoms with Crippen LogP contribution >= 0.6 is 0 Å². The fourth-order valence-electron chi connectivity index (χ4n) is 1.87. The quantitative estimate of drug-likeness (QED) is 0.872. The third kappa shape index (κ3) is 1.68. The first-order valence-electron chi connectivity index (χ1n) is 5.31. The Hall–Kier alpha value is -2.48. The smallest absolute Gasteiger partial charge is 0.207 e. The molecule has 0 aliphatic rings. The zero-order valence-electron chi connectivity index (χ0n) is 10.3. The number of nitrogens with one attached hydrogen (secondary N) is 1. The Morgan fingerprint density at radius 2 is 2.00 bits per heavy atom. The maximum atomic E-state index is 12.2. The van der Waals surface area contributed by atoms with E-state index in [0.29, 0.717) is 28.1 Å². The molecule has 2 aromatic rings. The van der Waals surface area contributed by atoms with Crippen LogP contribution in [-0.2, 0) is 0 Å². The first-order chi connectivity index (χ1) is 8.62. The minimum Gasteiger partial charge on any atom is -0.497 e. The first kappa shape index (κ1) is 12.0. The summed E-state index contributed by atoms with van der Waals surface area (Å²) in [6.45, 7) is 1.68. The Kier molecular flexibility index (Phi) is 2.94. The van der Waals surface area contributed by atoms with Gasteiger partial charge >= 0.3 is 0 Å². The van der Waals surface area contributed by atoms with Gasteiger partial charge in [0.15, 0.2) is 0 Å². The third-order valence-corrected chi connectivity index (χ3v) is 2.80. The van der Waals surface area contributed by atoms with Crippen molar-refractivity contribution in [1.82, 2.24) is 4.98 Å². The standard InChI is InChI=1S/C13H12N2O3/c1-7-10(6-14)13(16)9-4-8(17-2)5-11(18-3)12(9)15-7/h4-5H,1-3H3,(H,15,16). The molecule has 1 N–H and O–H groups in total. The Morgan fingerprint density at radius 3 is 2.56 bits per heavy atom. The second-order valence-electron chi connectivity index (χ2n) is 3.82. The lowest BCUT2D eigenvalue weighted by Crippen LogP contribution is -2.11. The van der Waals surface area contributed by atoms with Crippen LogP contribution in [0, 0.1) is 18.3 Å². The monoisotopic (exact) mass is 244 g/mol. The highest BCUT2D eigenvalue weighted by atomic mass is 16.5. The van der Waals surface area contributed by atoms with Gasteiger partial charge < -0.3 is 14.5 Å². The molecule has 92 valence electrons. The first-order valence-corrected chi connectivity index (χ1v) is 5.31. The van der Waals surface area contributed by atoms with Gasteiger partial charge in [0, 0.05) is 11.8 Å². The second-order valence-corrected chi connectivity index (χ2v) is 3.82. The van der Waals surface area contributed by atoms with E-state index in [9.17, 15) is 4.79 Å². The molecule has 0 unspecified atom stereocenters. The highest BCUT2D eigenvalue weighted by molar-refractivity contribution is 5.87. The maximum Gasteiger partial charge on any atom is 0.207 e. The molecule has 0 aliphatic heterocycles. The van der Waals surface area contributed by atoms with E-state index in [2.05, 4.69) is 4.98 Å². The molecule has 0 saturated carbocycles. The highest BCUT2D eigenvalue weighted by Crippen LogP contribution is 2.28. The van der Waals surface area contributed by atoms with E-state index < -0.39 is 0 Å². The number of H-pyrrole nitrogens is 1. The lowest BCUT2D eigenvalue weighted by atomic mass is 10.1. The summed E-state index contributed by atoms with van der Waals surface area (Å²) in [5.41, 5.74) is 0.886. The molecule has 0 aliphatic carbocycles. The van der Waals surface area contributed by atoms with E-state index >= 15 is 0 Å². The van der Waals surface area contributed by atoms with Crippen molar-refractivity contribution >= 4 is 10.9 Å². The van der Waals surface area contributed by atoms with Crippen LogP contribution in [0.15, 0.2) is 16.9 Å². The third-order valence-electron chi connectivity index (χ3n) is 2.80. The molecular weight excluding hydrogens is 232 g/mol. The van der Waals surface area contributed by atoms with Crippen LogP contribution in [0.2, 0.25) is 0 Å². The van der Waals surface area contributed by atoms with Crippen molar-refractivity contribution in [3.8, 4) is 17.6 Å². The molecule has 0 saturated heterocycles. The van der Waals surface area contributed by atoms with Crippen LogP contribution in [0.5, 0.6) is 11.5 Å². The van der Waals surface area contributed by atoms with Crippen molar-refractivity contribution in [2.45, 2.75) is 6.92 Å². The normalized spacial score (nSPS) is 10.1. The van der Waals surface area contributed by atoms with Gasteiger partial charge in [-0.1, -0.05) is 0 Å². The van der Waals surface area contributed by atoms with E-state index in [1.165, 1.54) is 14.2 Å². The largest absolute Gasteiger partial charge is 0.497 e. The zero-order valence-corrected chi connectivity index (χ0v) is 10.3. The van der Waals surface area contributed by atoms with Crippen LogP contribution in [0.4, 0.5) is 0 Å². The molecule has 1 heterocycles. The molecule has 1 aromatic carbocycles. The summed E-state index contributed by atoms with van der Waals surface area (Å²) in [4.78, 5) is 15.2. The molecule has 2 rings (SSSR count). The van der Waals surface area contributed by atoms with Gasteiger partial charge in [-0.05, 0) is 13.0 Å². The lowest BCUT2D eigenvalue weighted by Gasteiger charge is -2.09. The Bertz CT molecular complexity index is 711. The van der Waals surface area contributed by atoms with Gasteiger partial charge in [0.1, 0.15) is 23.1 Å². The Labute approximate surface area is 104 Å². The number of fused-ring (bicyclic) bond motifs is 1. The number of aromatic amines is 1. The van der Waals surface area contributed by atoms with Crippen molar-refractivity contribution < 1.29 is 9.47 Å². The SMILES string of the molecule is COc1cc(OC)c2[nH]c(C)c(C#N)c(=O)c2c1. The van der Waals surface area contributed by atoms with Crippen molar-refractivity contribution in [2.75, 3.05) is 14.2 Å². The van der Waals surface area contributed by atoms with Crippen LogP contribution < -0.4 is 14.9 Å². The topological polar surface area (TPSA) is 75.1 Å². The number of ether oxygens (including phenoxy) is 2. The molecule has 5 heteroatoms. The number of rotatable bonds is 2. The average Bonchev–Trinajstić information content (AvgIpc) is 2.38. The molecule has 0 spiro atoms. The highest BCUT2D eigenvalue weighted by Gasteiger charge is 2.13. The van der Waals surface area contributed by atoms with E-state index in [1.54, 1.807) is 19.1 Å². The number of nitrogens with zero attached hydrogens (tertiary/aromatic N) is 1. The van der Waals surface area contributed by atoms with Crippen molar-refractivity contribution in [3.63, 3.8) is 0 Å². The Morgan fingerprint density at radius 1 is 1.28 bits per heavy atom. The molecule has 0 bridgehead atoms. The number of methoxy groups -OCH3 is 2. The number of pyridine rings is 1. The predicted molar refractivity (Wildman–Crippen MR) is 67.1 cm³/mol. The van der Waals surface area contributed by atoms with E-state index in [4.69, 9.17) is 14.7 Å². The van der Waals surface area contributed by atoms with E-state index in [-0.39, 0.29) is 11.0 Å². The second kappa shape index (κ2) is 4.41. The van der Waals surface area contributed by atoms with Crippen LogP contribution in [0.25, 0.3) is 10.9 Å². The summed E-state index contributed by atoms with van der Waals surface area (Å²) in [5, 5.41) is 9.36. The molecule has 0 atom stereocenters. The van der Waals surface area contributed by atoms with Crippen LogP contribution in [-0.4, -0.2) is 19.2 Å². The van der Waals surface area contributed by atoms with Gasteiger partial charge in [-0.3, -0.25) is 4.79 Å². The maximum absolute atomic E-state index is 12.2. The fraction of sp³-hybridized carbons (Fsp3) is 0.231. The van der Waals surface area contributed by atoms with Crippen molar-refractivity contribution in [1.29, 1.82) is 5.26 Å². The molecule has 5 nitrogen and oxygen atoms in total. The summed E-state index contributed by atoms with van der Waals surface area (Å²) in [6.07, 6.45) is 0. The molecule has 0 fully saturated rings. The number of benzene rings is 1. The summed E-state index contributed by atoms with van der Waals surface area (Å²) < 4.78 is 10.3. The summed E-state index contributed by atoms with van der Waals surface area (Å²) in [6, 6.07) is 5.18. The molecule has 0 radical (unpaired) electrons. The molecular formula is C13H12N2O3. The van der Waals surface area contributed by atoms with E-state index in [1.807, 2.05) is 6.07 Å². The van der Waals surface area contributed by atoms with Crippen molar-refractivity contribution in [2.24, 2.45) is 0 Å². The molecule has 18 heavy (non-hydrogen) atoms. The molecule has 0 amide bonds. The number of aryl methyl sites for hydroxylation is 1. The zero-order chi connectivity index (χ0) is 13.3. The van der Waals surface area contributed by atoms with E-state index in [0.717, 1.165) is 0 Å². The minimum absolute atomic E-state index is 0.109. The van der Waals surface area contributed by atoms with Gasteiger partial charge in [0.25, 0.3) is 0 Å². The number of nitriles is 1. The summed E-state index contributed by atoms with van der Waals surface area (Å²) in [7, 11) is 3.02. The fourth-order valence-corrected chi connectivity index (χ4v) is 1.87. The van der Waals surface area contributed by atoms with Gasteiger partial charge in [0.05, 0.1) is 25.1 Å². The van der Waals surface area contributed by atoms with Crippen molar-refractivity contribution in [3.05, 3.63) is 33.6 Å². The van der Waals surface area contributed by atoms with Gasteiger partial charge in [-0.25, -0.2) is 0 Å². The molecule has 1 aromatic heterocycles. The Balaban J connectivity index is 2.98. The van der Waals surface area contributed by atoms with Gasteiger partial charge in [-0.2, -0.15) is 5.26 Å². The van der Waals surface area contributed by atoms with Crippen LogP contribution in [0.3, 0.4) is 0 Å². The number of hydrogen-bond donors (Lipinski definition) is 1. The minimum atomic E-state index is -0.319. The summed E-state index contributed by atoms with van der Waals surface area (Å²) >= 11 is 0. The summed E-state index contributed by atoms with van der Waals surface area (Å²) in [5.74, 6) is 1.02. The van der Waals surface area contributed by atoms with Gasteiger partial charge in [-0.15, -0.1) is 0 Å². The van der Waals surface area contributed by atoms with Gasteiger partial charge in [0.2, 0.25) is 5.43 Å². The van der Waals surface area contributed by atoms with Crippen LogP contribution in [0.1, 0.15) is 11.3 Å². The number of aromatic nitrogens is 1.